The van der Waals surface area contributed by atoms with E-state index in [1.807, 2.05) is 24.3 Å². The molecule has 1 atom stereocenters. The molecule has 0 aliphatic heterocycles. The van der Waals surface area contributed by atoms with E-state index in [2.05, 4.69) is 45.0 Å². The van der Waals surface area contributed by atoms with Crippen LogP contribution in [0.3, 0.4) is 0 Å². The van der Waals surface area contributed by atoms with Crippen molar-refractivity contribution in [2.75, 3.05) is 19.6 Å². The van der Waals surface area contributed by atoms with Crippen LogP contribution in [0, 0.1) is 0 Å². The molecule has 1 aromatic carbocycles. The van der Waals surface area contributed by atoms with E-state index in [0.717, 1.165) is 28.1 Å². The van der Waals surface area contributed by atoms with E-state index in [0.29, 0.717) is 12.2 Å². The van der Waals surface area contributed by atoms with Crippen LogP contribution in [-0.2, 0) is 0 Å². The molecule has 0 bridgehead atoms. The minimum absolute atomic E-state index is 0.0426. The maximum absolute atomic E-state index is 12.3. The van der Waals surface area contributed by atoms with Gasteiger partial charge in [0.05, 0.1) is 6.04 Å². The van der Waals surface area contributed by atoms with Gasteiger partial charge in [0.1, 0.15) is 5.69 Å². The molecule has 1 heterocycles. The molecule has 2 rings (SSSR count). The molecule has 0 spiro atoms. The summed E-state index contributed by atoms with van der Waals surface area (Å²) in [6, 6.07) is 9.60. The second kappa shape index (κ2) is 8.52. The van der Waals surface area contributed by atoms with Gasteiger partial charge in [0, 0.05) is 22.2 Å². The lowest BCUT2D eigenvalue weighted by molar-refractivity contribution is 0.0930. The summed E-state index contributed by atoms with van der Waals surface area (Å²) >= 11 is 9.70. The molecule has 0 fully saturated rings. The first kappa shape index (κ1) is 18.0. The Hall–Kier alpha value is -1.30. The Morgan fingerprint density at radius 1 is 1.35 bits per heavy atom. The summed E-state index contributed by atoms with van der Waals surface area (Å²) in [6.45, 7) is 6.49. The third-order valence-corrected chi connectivity index (χ3v) is 4.67. The van der Waals surface area contributed by atoms with E-state index in [9.17, 15) is 4.79 Å². The number of halogens is 2. The van der Waals surface area contributed by atoms with Gasteiger partial charge in [0.15, 0.2) is 0 Å². The Morgan fingerprint density at radius 3 is 2.61 bits per heavy atom. The molecule has 0 aliphatic rings. The smallest absolute Gasteiger partial charge is 0.267 e. The number of hydrogen-bond donors (Lipinski definition) is 2. The minimum atomic E-state index is -0.125. The van der Waals surface area contributed by atoms with Crippen LogP contribution in [-0.4, -0.2) is 35.4 Å². The third-order valence-electron chi connectivity index (χ3n) is 3.87. The van der Waals surface area contributed by atoms with E-state index in [1.54, 1.807) is 12.3 Å². The number of carbonyl (C=O) groups is 1. The molecule has 0 saturated heterocycles. The van der Waals surface area contributed by atoms with Crippen molar-refractivity contribution < 1.29 is 4.79 Å². The fourth-order valence-electron chi connectivity index (χ4n) is 2.63. The summed E-state index contributed by atoms with van der Waals surface area (Å²) in [7, 11) is 0. The lowest BCUT2D eigenvalue weighted by atomic mass is 10.0. The van der Waals surface area contributed by atoms with Gasteiger partial charge in [-0.15, -0.1) is 0 Å². The molecular formula is C17H21BrClN3O. The molecule has 124 valence electrons. The largest absolute Gasteiger partial charge is 0.356 e. The summed E-state index contributed by atoms with van der Waals surface area (Å²) in [5, 5.41) is 3.72. The first-order valence-electron chi connectivity index (χ1n) is 7.67. The zero-order chi connectivity index (χ0) is 16.8. The number of nitrogens with zero attached hydrogens (tertiary/aromatic N) is 1. The number of aromatic amines is 1. The summed E-state index contributed by atoms with van der Waals surface area (Å²) in [5.74, 6) is -0.125. The highest BCUT2D eigenvalue weighted by atomic mass is 79.9. The van der Waals surface area contributed by atoms with E-state index in [-0.39, 0.29) is 11.9 Å². The molecule has 1 amide bonds. The van der Waals surface area contributed by atoms with Gasteiger partial charge in [0.25, 0.3) is 5.91 Å². The molecule has 0 radical (unpaired) electrons. The summed E-state index contributed by atoms with van der Waals surface area (Å²) in [6.07, 6.45) is 1.74. The SMILES string of the molecule is CCN(CC)C(CNC(=O)c1cc(Br)c[nH]1)c1ccccc1Cl. The zero-order valence-corrected chi connectivity index (χ0v) is 15.6. The Kier molecular flexibility index (Phi) is 6.69. The normalized spacial score (nSPS) is 12.4. The summed E-state index contributed by atoms with van der Waals surface area (Å²) in [4.78, 5) is 17.5. The first-order chi connectivity index (χ1) is 11.1. The second-order valence-electron chi connectivity index (χ2n) is 5.20. The highest BCUT2D eigenvalue weighted by Crippen LogP contribution is 2.27. The molecule has 1 unspecified atom stereocenters. The van der Waals surface area contributed by atoms with Crippen molar-refractivity contribution >= 4 is 33.4 Å². The maximum atomic E-state index is 12.3. The Labute approximate surface area is 150 Å². The molecule has 0 saturated carbocycles. The van der Waals surface area contributed by atoms with Gasteiger partial charge in [-0.25, -0.2) is 0 Å². The van der Waals surface area contributed by atoms with Crippen molar-refractivity contribution in [1.82, 2.24) is 15.2 Å². The number of H-pyrrole nitrogens is 1. The highest BCUT2D eigenvalue weighted by Gasteiger charge is 2.21. The van der Waals surface area contributed by atoms with E-state index < -0.39 is 0 Å². The number of hydrogen-bond acceptors (Lipinski definition) is 2. The molecule has 23 heavy (non-hydrogen) atoms. The number of rotatable bonds is 7. The van der Waals surface area contributed by atoms with Crippen molar-refractivity contribution in [3.63, 3.8) is 0 Å². The third kappa shape index (κ3) is 4.59. The average molecular weight is 399 g/mol. The molecule has 2 N–H and O–H groups in total. The second-order valence-corrected chi connectivity index (χ2v) is 6.52. The maximum Gasteiger partial charge on any atom is 0.267 e. The number of nitrogens with one attached hydrogen (secondary N) is 2. The van der Waals surface area contributed by atoms with Crippen molar-refractivity contribution in [2.24, 2.45) is 0 Å². The Balaban J connectivity index is 2.15. The number of amides is 1. The molecule has 4 nitrogen and oxygen atoms in total. The van der Waals surface area contributed by atoms with Crippen LogP contribution in [0.15, 0.2) is 41.0 Å². The Morgan fingerprint density at radius 2 is 2.04 bits per heavy atom. The van der Waals surface area contributed by atoms with Crippen LogP contribution in [0.2, 0.25) is 5.02 Å². The molecule has 1 aromatic heterocycles. The number of benzene rings is 1. The van der Waals surface area contributed by atoms with Crippen LogP contribution in [0.25, 0.3) is 0 Å². The Bertz CT molecular complexity index is 655. The van der Waals surface area contributed by atoms with Gasteiger partial charge < -0.3 is 10.3 Å². The van der Waals surface area contributed by atoms with Crippen molar-refractivity contribution in [2.45, 2.75) is 19.9 Å². The predicted octanol–water partition coefficient (Wildman–Crippen LogP) is 4.24. The lowest BCUT2D eigenvalue weighted by Crippen LogP contribution is -2.38. The molecule has 6 heteroatoms. The molecule has 0 aliphatic carbocycles. The standard InChI is InChI=1S/C17H21BrClN3O/c1-3-22(4-2)16(13-7-5-6-8-14(13)19)11-21-17(23)15-9-12(18)10-20-15/h5-10,16,20H,3-4,11H2,1-2H3,(H,21,23). The van der Waals surface area contributed by atoms with E-state index in [1.165, 1.54) is 0 Å². The van der Waals surface area contributed by atoms with Gasteiger partial charge in [-0.3, -0.25) is 9.69 Å². The van der Waals surface area contributed by atoms with Gasteiger partial charge in [-0.05, 0) is 46.7 Å². The molecule has 2 aromatic rings. The van der Waals surface area contributed by atoms with Crippen molar-refractivity contribution in [3.05, 3.63) is 57.3 Å². The topological polar surface area (TPSA) is 48.1 Å². The van der Waals surface area contributed by atoms with Crippen LogP contribution in [0.4, 0.5) is 0 Å². The highest BCUT2D eigenvalue weighted by molar-refractivity contribution is 9.10. The van der Waals surface area contributed by atoms with Crippen LogP contribution in [0.5, 0.6) is 0 Å². The number of carbonyl (C=O) groups excluding carboxylic acids is 1. The number of likely N-dealkylation sites (N-methyl/N-ethyl adjacent to an activating group) is 1. The van der Waals surface area contributed by atoms with Gasteiger partial charge in [-0.1, -0.05) is 43.6 Å². The summed E-state index contributed by atoms with van der Waals surface area (Å²) in [5.41, 5.74) is 1.57. The van der Waals surface area contributed by atoms with Crippen LogP contribution in [0.1, 0.15) is 35.9 Å². The van der Waals surface area contributed by atoms with Crippen LogP contribution < -0.4 is 5.32 Å². The van der Waals surface area contributed by atoms with Crippen LogP contribution >= 0.6 is 27.5 Å². The van der Waals surface area contributed by atoms with Gasteiger partial charge >= 0.3 is 0 Å². The lowest BCUT2D eigenvalue weighted by Gasteiger charge is -2.30. The summed E-state index contributed by atoms with van der Waals surface area (Å²) < 4.78 is 0.856. The quantitative estimate of drug-likeness (QED) is 0.732. The average Bonchev–Trinajstić information content (AvgIpc) is 2.98. The predicted molar refractivity (Wildman–Crippen MR) is 97.9 cm³/mol. The fraction of sp³-hybridized carbons (Fsp3) is 0.353. The van der Waals surface area contributed by atoms with Crippen molar-refractivity contribution in [1.29, 1.82) is 0 Å². The first-order valence-corrected chi connectivity index (χ1v) is 8.84. The van der Waals surface area contributed by atoms with Crippen molar-refractivity contribution in [3.8, 4) is 0 Å². The minimum Gasteiger partial charge on any atom is -0.356 e. The fourth-order valence-corrected chi connectivity index (χ4v) is 3.23. The zero-order valence-electron chi connectivity index (χ0n) is 13.3. The molecular weight excluding hydrogens is 378 g/mol. The van der Waals surface area contributed by atoms with E-state index >= 15 is 0 Å². The number of aromatic nitrogens is 1. The monoisotopic (exact) mass is 397 g/mol. The van der Waals surface area contributed by atoms with Gasteiger partial charge in [-0.2, -0.15) is 0 Å². The van der Waals surface area contributed by atoms with E-state index in [4.69, 9.17) is 11.6 Å². The van der Waals surface area contributed by atoms with Gasteiger partial charge in [0.2, 0.25) is 0 Å².